The molecular weight excluding hydrogens is 250 g/mol. The molecule has 0 aromatic heterocycles. The number of allylic oxidation sites excluding steroid dienone is 3. The Kier molecular flexibility index (Phi) is 4.98. The van der Waals surface area contributed by atoms with Crippen molar-refractivity contribution < 1.29 is 18.1 Å². The van der Waals surface area contributed by atoms with Gasteiger partial charge in [-0.05, 0) is 0 Å². The summed E-state index contributed by atoms with van der Waals surface area (Å²) in [5, 5.41) is 0. The van der Waals surface area contributed by atoms with E-state index in [1.807, 2.05) is 16.7 Å². The predicted molar refractivity (Wildman–Crippen MR) is 25.4 cm³/mol. The summed E-state index contributed by atoms with van der Waals surface area (Å²) in [5.74, 6) is 0. The average molecular weight is 256 g/mol. The molecule has 0 unspecified atom stereocenters. The molecular formula is C5H6Os. The summed E-state index contributed by atoms with van der Waals surface area (Å²) in [7, 11) is 0. The molecule has 0 aliphatic heterocycles. The van der Waals surface area contributed by atoms with Crippen LogP contribution in [0.2, 0.25) is 0 Å². The van der Waals surface area contributed by atoms with E-state index in [2.05, 4.69) is 6.58 Å². The third kappa shape index (κ3) is 3.99. The van der Waals surface area contributed by atoms with E-state index in [1.165, 1.54) is 0 Å². The van der Waals surface area contributed by atoms with Crippen LogP contribution in [0, 0.1) is 0 Å². The number of hydrogen-bond acceptors (Lipinski definition) is 0. The fraction of sp³-hybridized carbons (Fsp3) is 0. The molecule has 0 aromatic rings. The Morgan fingerprint density at radius 1 is 1.33 bits per heavy atom. The first-order valence-corrected chi connectivity index (χ1v) is 3.08. The molecule has 0 N–H and O–H groups in total. The Bertz CT molecular complexity index is 62.0. The number of hydrogen-bond donors (Lipinski definition) is 0. The third-order valence-electron chi connectivity index (χ3n) is 0.315. The van der Waals surface area contributed by atoms with Crippen LogP contribution in [0.25, 0.3) is 0 Å². The van der Waals surface area contributed by atoms with Gasteiger partial charge in [0.2, 0.25) is 0 Å². The Hall–Kier alpha value is -0.0136. The molecule has 0 rings (SSSR count). The van der Waals surface area contributed by atoms with E-state index in [0.717, 1.165) is 0 Å². The maximum absolute atomic E-state index is 3.49. The first-order chi connectivity index (χ1) is 2.91. The standard InChI is InChI=1S/C5H6.Os/c1-3-5-4-2;/h1,3-5H,2H2;. The normalized spacial score (nSPS) is 8.83. The van der Waals surface area contributed by atoms with Crippen molar-refractivity contribution in [2.45, 2.75) is 0 Å². The minimum absolute atomic E-state index is 1.75. The number of rotatable bonds is 2. The van der Waals surface area contributed by atoms with Crippen molar-refractivity contribution in [3.05, 3.63) is 24.8 Å². The molecule has 0 radical (unpaired) electrons. The summed E-state index contributed by atoms with van der Waals surface area (Å²) in [6, 6.07) is 0. The topological polar surface area (TPSA) is 0 Å². The summed E-state index contributed by atoms with van der Waals surface area (Å²) in [6.45, 7) is 3.49. The van der Waals surface area contributed by atoms with Gasteiger partial charge in [0.1, 0.15) is 0 Å². The molecule has 0 saturated heterocycles. The zero-order valence-corrected chi connectivity index (χ0v) is 5.91. The van der Waals surface area contributed by atoms with E-state index in [1.54, 1.807) is 24.2 Å². The molecule has 0 saturated carbocycles. The Labute approximate surface area is 48.0 Å². The summed E-state index contributed by atoms with van der Waals surface area (Å²) in [4.78, 5) is 0. The van der Waals surface area contributed by atoms with Crippen LogP contribution in [0.1, 0.15) is 0 Å². The molecule has 1 heteroatoms. The summed E-state index contributed by atoms with van der Waals surface area (Å²) < 4.78 is 1.99. The van der Waals surface area contributed by atoms with E-state index in [0.29, 0.717) is 0 Å². The second-order valence-electron chi connectivity index (χ2n) is 0.738. The van der Waals surface area contributed by atoms with Crippen LogP contribution in [0.15, 0.2) is 24.8 Å². The monoisotopic (exact) mass is 258 g/mol. The summed E-state index contributed by atoms with van der Waals surface area (Å²) >= 11 is 1.81. The van der Waals surface area contributed by atoms with E-state index < -0.39 is 0 Å². The van der Waals surface area contributed by atoms with Crippen LogP contribution in [-0.4, -0.2) is 4.57 Å². The average Bonchev–Trinajstić information content (AvgIpc) is 1.61. The van der Waals surface area contributed by atoms with E-state index in [-0.39, 0.29) is 0 Å². The molecule has 0 atom stereocenters. The molecule has 0 aromatic carbocycles. The van der Waals surface area contributed by atoms with Crippen LogP contribution >= 0.6 is 0 Å². The van der Waals surface area contributed by atoms with Gasteiger partial charge in [0.15, 0.2) is 0 Å². The minimum atomic E-state index is 1.75. The molecule has 0 spiro atoms. The predicted octanol–water partition coefficient (Wildman–Crippen LogP) is 1.08. The van der Waals surface area contributed by atoms with Crippen LogP contribution < -0.4 is 0 Å². The first-order valence-electron chi connectivity index (χ1n) is 1.61. The van der Waals surface area contributed by atoms with Crippen molar-refractivity contribution >= 4 is 4.57 Å². The van der Waals surface area contributed by atoms with Gasteiger partial charge in [0.05, 0.1) is 0 Å². The van der Waals surface area contributed by atoms with Gasteiger partial charge < -0.3 is 0 Å². The quantitative estimate of drug-likeness (QED) is 0.649. The van der Waals surface area contributed by atoms with Crippen molar-refractivity contribution in [1.82, 2.24) is 0 Å². The van der Waals surface area contributed by atoms with E-state index in [9.17, 15) is 0 Å². The molecule has 0 aliphatic rings. The van der Waals surface area contributed by atoms with Crippen LogP contribution in [0.4, 0.5) is 0 Å². The van der Waals surface area contributed by atoms with Gasteiger partial charge in [-0.2, -0.15) is 0 Å². The first kappa shape index (κ1) is 5.99. The molecule has 0 heterocycles. The molecule has 34 valence electrons. The second-order valence-corrected chi connectivity index (χ2v) is 1.59. The van der Waals surface area contributed by atoms with Gasteiger partial charge in [-0.15, -0.1) is 0 Å². The van der Waals surface area contributed by atoms with Crippen molar-refractivity contribution in [1.29, 1.82) is 0 Å². The zero-order valence-electron chi connectivity index (χ0n) is 3.37. The molecule has 0 nitrogen and oxygen atoms in total. The Morgan fingerprint density at radius 3 is 2.17 bits per heavy atom. The van der Waals surface area contributed by atoms with Crippen LogP contribution in [-0.2, 0) is 18.1 Å². The van der Waals surface area contributed by atoms with Gasteiger partial charge in [0, 0.05) is 0 Å². The third-order valence-corrected chi connectivity index (χ3v) is 0.804. The second kappa shape index (κ2) is 4.99. The van der Waals surface area contributed by atoms with Gasteiger partial charge in [-0.3, -0.25) is 0 Å². The molecule has 0 amide bonds. The van der Waals surface area contributed by atoms with Crippen LogP contribution in [0.3, 0.4) is 0 Å². The SMILES string of the molecule is C=CC=C[CH]=[Os]. The molecule has 0 fully saturated rings. The van der Waals surface area contributed by atoms with Gasteiger partial charge in [-0.1, -0.05) is 0 Å². The van der Waals surface area contributed by atoms with E-state index in [4.69, 9.17) is 0 Å². The van der Waals surface area contributed by atoms with E-state index >= 15 is 0 Å². The maximum atomic E-state index is 3.49. The Balaban J connectivity index is 3.17. The van der Waals surface area contributed by atoms with Crippen molar-refractivity contribution in [3.8, 4) is 0 Å². The van der Waals surface area contributed by atoms with Gasteiger partial charge in [0.25, 0.3) is 0 Å². The van der Waals surface area contributed by atoms with Crippen molar-refractivity contribution in [2.24, 2.45) is 0 Å². The van der Waals surface area contributed by atoms with Crippen LogP contribution in [0.5, 0.6) is 0 Å². The van der Waals surface area contributed by atoms with Crippen molar-refractivity contribution in [2.75, 3.05) is 0 Å². The fourth-order valence-corrected chi connectivity index (χ4v) is 0.400. The Morgan fingerprint density at radius 2 is 2.00 bits per heavy atom. The van der Waals surface area contributed by atoms with Gasteiger partial charge >= 0.3 is 47.5 Å². The fourth-order valence-electron chi connectivity index (χ4n) is 0.118. The zero-order chi connectivity index (χ0) is 4.83. The molecule has 6 heavy (non-hydrogen) atoms. The molecule has 0 bridgehead atoms. The summed E-state index contributed by atoms with van der Waals surface area (Å²) in [5.41, 5.74) is 0. The summed E-state index contributed by atoms with van der Waals surface area (Å²) in [6.07, 6.45) is 5.60. The van der Waals surface area contributed by atoms with Gasteiger partial charge in [-0.25, -0.2) is 0 Å². The van der Waals surface area contributed by atoms with Crippen molar-refractivity contribution in [3.63, 3.8) is 0 Å². The molecule has 0 aliphatic carbocycles.